The molecule has 1 aromatic heterocycles. The van der Waals surface area contributed by atoms with Crippen molar-refractivity contribution in [3.05, 3.63) is 29.6 Å². The van der Waals surface area contributed by atoms with Crippen LogP contribution in [0.2, 0.25) is 0 Å². The van der Waals surface area contributed by atoms with Gasteiger partial charge in [0.05, 0.1) is 19.0 Å². The van der Waals surface area contributed by atoms with E-state index in [2.05, 4.69) is 10.2 Å². The Morgan fingerprint density at radius 3 is 2.87 bits per heavy atom. The minimum atomic E-state index is -0.873. The van der Waals surface area contributed by atoms with Crippen LogP contribution in [0.5, 0.6) is 11.5 Å². The number of aromatic nitrogens is 3. The first-order valence-electron chi connectivity index (χ1n) is 7.25. The second-order valence-corrected chi connectivity index (χ2v) is 6.09. The summed E-state index contributed by atoms with van der Waals surface area (Å²) in [5.74, 6) is 1.38. The summed E-state index contributed by atoms with van der Waals surface area (Å²) in [4.78, 5) is 10.6. The molecule has 1 aliphatic rings. The van der Waals surface area contributed by atoms with Crippen molar-refractivity contribution in [2.24, 2.45) is 7.05 Å². The zero-order valence-corrected chi connectivity index (χ0v) is 13.5. The van der Waals surface area contributed by atoms with Crippen molar-refractivity contribution in [1.82, 2.24) is 14.8 Å². The molecule has 0 saturated carbocycles. The Kier molecular flexibility index (Phi) is 4.71. The molecule has 23 heavy (non-hydrogen) atoms. The first-order chi connectivity index (χ1) is 11.1. The van der Waals surface area contributed by atoms with E-state index in [0.29, 0.717) is 24.8 Å². The van der Waals surface area contributed by atoms with Gasteiger partial charge in [-0.25, -0.2) is 0 Å². The van der Waals surface area contributed by atoms with Gasteiger partial charge in [-0.1, -0.05) is 17.8 Å². The number of rotatable bonds is 5. The van der Waals surface area contributed by atoms with E-state index < -0.39 is 5.97 Å². The van der Waals surface area contributed by atoms with Crippen molar-refractivity contribution in [2.45, 2.75) is 18.0 Å². The van der Waals surface area contributed by atoms with Gasteiger partial charge >= 0.3 is 5.97 Å². The Labute approximate surface area is 137 Å². The first-order valence-corrected chi connectivity index (χ1v) is 8.23. The van der Waals surface area contributed by atoms with E-state index in [1.54, 1.807) is 0 Å². The van der Waals surface area contributed by atoms with E-state index in [-0.39, 0.29) is 5.75 Å². The Hall–Kier alpha value is -2.22. The lowest BCUT2D eigenvalue weighted by Crippen LogP contribution is -2.03. The Bertz CT molecular complexity index is 717. The third kappa shape index (κ3) is 3.76. The van der Waals surface area contributed by atoms with Crippen LogP contribution in [0.3, 0.4) is 0 Å². The zero-order valence-electron chi connectivity index (χ0n) is 12.7. The lowest BCUT2D eigenvalue weighted by atomic mass is 10.1. The molecule has 1 aliphatic heterocycles. The molecule has 0 fully saturated rings. The fourth-order valence-corrected chi connectivity index (χ4v) is 2.90. The van der Waals surface area contributed by atoms with E-state index >= 15 is 0 Å². The molecule has 2 heterocycles. The van der Waals surface area contributed by atoms with Crippen LogP contribution < -0.4 is 9.47 Å². The maximum absolute atomic E-state index is 10.6. The molecule has 122 valence electrons. The molecule has 7 nitrogen and oxygen atoms in total. The van der Waals surface area contributed by atoms with E-state index in [9.17, 15) is 4.79 Å². The largest absolute Gasteiger partial charge is 0.490 e. The van der Waals surface area contributed by atoms with Crippen molar-refractivity contribution in [1.29, 1.82) is 0 Å². The maximum Gasteiger partial charge on any atom is 0.313 e. The molecule has 8 heteroatoms. The molecular formula is C15H17N3O4S. The molecule has 0 bridgehead atoms. The van der Waals surface area contributed by atoms with Crippen LogP contribution in [0, 0.1) is 0 Å². The number of thioether (sulfide) groups is 1. The number of ether oxygens (including phenoxy) is 2. The molecule has 0 spiro atoms. The topological polar surface area (TPSA) is 86.5 Å². The van der Waals surface area contributed by atoms with Gasteiger partial charge in [-0.15, -0.1) is 10.2 Å². The lowest BCUT2D eigenvalue weighted by molar-refractivity contribution is -0.133. The summed E-state index contributed by atoms with van der Waals surface area (Å²) in [7, 11) is 1.84. The minimum absolute atomic E-state index is 0.0317. The fraction of sp³-hybridized carbons (Fsp3) is 0.400. The number of hydrogen-bond donors (Lipinski definition) is 1. The van der Waals surface area contributed by atoms with Crippen molar-refractivity contribution in [3.8, 4) is 11.5 Å². The number of fused-ring (bicyclic) bond motifs is 1. The van der Waals surface area contributed by atoms with Crippen LogP contribution in [-0.4, -0.2) is 44.8 Å². The summed E-state index contributed by atoms with van der Waals surface area (Å²) in [5.41, 5.74) is 1.04. The van der Waals surface area contributed by atoms with Crippen molar-refractivity contribution in [3.63, 3.8) is 0 Å². The van der Waals surface area contributed by atoms with Gasteiger partial charge in [0.1, 0.15) is 5.82 Å². The third-order valence-corrected chi connectivity index (χ3v) is 4.43. The standard InChI is InChI=1S/C15H17N3O4S/c1-18-13(16-17-15(18)23-9-14(19)20)8-10-3-4-11-12(7-10)22-6-2-5-21-11/h3-4,7H,2,5-6,8-9H2,1H3,(H,19,20). The van der Waals surface area contributed by atoms with E-state index in [4.69, 9.17) is 14.6 Å². The number of nitrogens with zero attached hydrogens (tertiary/aromatic N) is 3. The van der Waals surface area contributed by atoms with Gasteiger partial charge in [0, 0.05) is 19.9 Å². The summed E-state index contributed by atoms with van der Waals surface area (Å²) in [6, 6.07) is 5.85. The first kappa shape index (κ1) is 15.7. The SMILES string of the molecule is Cn1c(Cc2ccc3c(c2)OCCCO3)nnc1SCC(=O)O. The van der Waals surface area contributed by atoms with Crippen molar-refractivity contribution in [2.75, 3.05) is 19.0 Å². The van der Waals surface area contributed by atoms with Gasteiger partial charge in [0.15, 0.2) is 16.7 Å². The monoisotopic (exact) mass is 335 g/mol. The highest BCUT2D eigenvalue weighted by atomic mass is 32.2. The molecule has 0 atom stereocenters. The van der Waals surface area contributed by atoms with Crippen LogP contribution in [-0.2, 0) is 18.3 Å². The van der Waals surface area contributed by atoms with Crippen molar-refractivity contribution >= 4 is 17.7 Å². The number of carboxylic acids is 1. The predicted octanol–water partition coefficient (Wildman–Crippen LogP) is 1.74. The van der Waals surface area contributed by atoms with Crippen LogP contribution in [0.25, 0.3) is 0 Å². The molecule has 1 aromatic carbocycles. The number of hydrogen-bond acceptors (Lipinski definition) is 6. The Morgan fingerprint density at radius 1 is 1.30 bits per heavy atom. The van der Waals surface area contributed by atoms with Gasteiger partial charge in [0.2, 0.25) is 0 Å². The highest BCUT2D eigenvalue weighted by Crippen LogP contribution is 2.31. The molecule has 0 aliphatic carbocycles. The van der Waals surface area contributed by atoms with Gasteiger partial charge in [-0.3, -0.25) is 4.79 Å². The highest BCUT2D eigenvalue weighted by molar-refractivity contribution is 7.99. The summed E-state index contributed by atoms with van der Waals surface area (Å²) in [6.45, 7) is 1.32. The number of benzene rings is 1. The average molecular weight is 335 g/mol. The molecular weight excluding hydrogens is 318 g/mol. The Morgan fingerprint density at radius 2 is 2.09 bits per heavy atom. The van der Waals surface area contributed by atoms with Gasteiger partial charge in [-0.2, -0.15) is 0 Å². The number of carbonyl (C=O) groups is 1. The number of aliphatic carboxylic acids is 1. The van der Waals surface area contributed by atoms with Crippen LogP contribution in [0.4, 0.5) is 0 Å². The zero-order chi connectivity index (χ0) is 16.2. The quantitative estimate of drug-likeness (QED) is 0.833. The Balaban J connectivity index is 1.74. The summed E-state index contributed by atoms with van der Waals surface area (Å²) in [6.07, 6.45) is 1.46. The highest BCUT2D eigenvalue weighted by Gasteiger charge is 2.14. The smallest absolute Gasteiger partial charge is 0.313 e. The summed E-state index contributed by atoms with van der Waals surface area (Å²) >= 11 is 1.16. The normalized spacial score (nSPS) is 13.6. The summed E-state index contributed by atoms with van der Waals surface area (Å²) < 4.78 is 13.1. The average Bonchev–Trinajstić information content (AvgIpc) is 2.74. The van der Waals surface area contributed by atoms with Gasteiger partial charge in [-0.05, 0) is 17.7 Å². The van der Waals surface area contributed by atoms with E-state index in [1.807, 2.05) is 29.8 Å². The van der Waals surface area contributed by atoms with Crippen LogP contribution >= 0.6 is 11.8 Å². The minimum Gasteiger partial charge on any atom is -0.490 e. The molecule has 1 N–H and O–H groups in total. The maximum atomic E-state index is 10.6. The predicted molar refractivity (Wildman–Crippen MR) is 84.2 cm³/mol. The molecule has 0 amide bonds. The second kappa shape index (κ2) is 6.91. The molecule has 0 saturated heterocycles. The molecule has 0 radical (unpaired) electrons. The number of carboxylic acid groups (broad SMARTS) is 1. The van der Waals surface area contributed by atoms with Crippen LogP contribution in [0.1, 0.15) is 17.8 Å². The van der Waals surface area contributed by atoms with Gasteiger partial charge in [0.25, 0.3) is 0 Å². The summed E-state index contributed by atoms with van der Waals surface area (Å²) in [5, 5.41) is 17.5. The fourth-order valence-electron chi connectivity index (χ4n) is 2.25. The second-order valence-electron chi connectivity index (χ2n) is 5.15. The molecule has 3 rings (SSSR count). The molecule has 2 aromatic rings. The van der Waals surface area contributed by atoms with E-state index in [1.165, 1.54) is 0 Å². The lowest BCUT2D eigenvalue weighted by Gasteiger charge is -2.09. The van der Waals surface area contributed by atoms with E-state index in [0.717, 1.165) is 41.1 Å². The van der Waals surface area contributed by atoms with Gasteiger partial charge < -0.3 is 19.1 Å². The van der Waals surface area contributed by atoms with Crippen molar-refractivity contribution < 1.29 is 19.4 Å². The van der Waals surface area contributed by atoms with Crippen LogP contribution in [0.15, 0.2) is 23.4 Å². The third-order valence-electron chi connectivity index (χ3n) is 3.42. The molecule has 0 unspecified atom stereocenters.